The number of H-pyrrole nitrogens is 1. The number of pyridine rings is 1. The highest BCUT2D eigenvalue weighted by molar-refractivity contribution is 7.10. The fraction of sp³-hybridized carbons (Fsp3) is 0.133. The molecule has 0 aliphatic rings. The molecule has 0 amide bonds. The van der Waals surface area contributed by atoms with Gasteiger partial charge in [0.25, 0.3) is 5.78 Å². The molecular weight excluding hydrogens is 300 g/mol. The van der Waals surface area contributed by atoms with Crippen LogP contribution in [0.4, 0.5) is 0 Å². The molecule has 110 valence electrons. The summed E-state index contributed by atoms with van der Waals surface area (Å²) < 4.78 is 0. The number of aromatic nitrogens is 4. The zero-order chi connectivity index (χ0) is 15.4. The lowest BCUT2D eigenvalue weighted by molar-refractivity contribution is -0.114. The highest BCUT2D eigenvalue weighted by atomic mass is 32.1. The lowest BCUT2D eigenvalue weighted by Gasteiger charge is -2.03. The lowest BCUT2D eigenvalue weighted by Crippen LogP contribution is -2.18. The lowest BCUT2D eigenvalue weighted by atomic mass is 10.0. The van der Waals surface area contributed by atoms with Crippen LogP contribution in [-0.4, -0.2) is 31.7 Å². The zero-order valence-corrected chi connectivity index (χ0v) is 12.3. The summed E-state index contributed by atoms with van der Waals surface area (Å²) in [6, 6.07) is 5.84. The summed E-state index contributed by atoms with van der Waals surface area (Å²) in [7, 11) is 0. The Morgan fingerprint density at radius 2 is 2.00 bits per heavy atom. The number of nitrogens with zero attached hydrogens (tertiary/aromatic N) is 3. The molecule has 3 aromatic heterocycles. The van der Waals surface area contributed by atoms with Crippen LogP contribution in [0.3, 0.4) is 0 Å². The topological polar surface area (TPSA) is 88.6 Å². The number of carbonyl (C=O) groups is 2. The fourth-order valence-corrected chi connectivity index (χ4v) is 2.97. The molecule has 0 aromatic carbocycles. The summed E-state index contributed by atoms with van der Waals surface area (Å²) in [5.74, 6) is -1.25. The van der Waals surface area contributed by atoms with E-state index in [9.17, 15) is 9.59 Å². The van der Waals surface area contributed by atoms with Gasteiger partial charge in [0.15, 0.2) is 0 Å². The van der Waals surface area contributed by atoms with Crippen LogP contribution in [0.1, 0.15) is 26.6 Å². The average Bonchev–Trinajstić information content (AvgIpc) is 3.20. The van der Waals surface area contributed by atoms with Crippen molar-refractivity contribution in [2.45, 2.75) is 12.8 Å². The van der Waals surface area contributed by atoms with Gasteiger partial charge in [0.2, 0.25) is 11.6 Å². The Bertz CT molecular complexity index is 781. The van der Waals surface area contributed by atoms with E-state index >= 15 is 0 Å². The molecule has 0 bridgehead atoms. The number of hydrogen-bond donors (Lipinski definition) is 1. The quantitative estimate of drug-likeness (QED) is 0.554. The molecule has 3 heterocycles. The van der Waals surface area contributed by atoms with Crippen LogP contribution < -0.4 is 0 Å². The maximum absolute atomic E-state index is 12.1. The number of rotatable bonds is 6. The molecule has 0 saturated heterocycles. The van der Waals surface area contributed by atoms with Crippen LogP contribution in [0.15, 0.2) is 42.3 Å². The molecular formula is C15H12N4O2S. The van der Waals surface area contributed by atoms with Crippen molar-refractivity contribution < 1.29 is 9.59 Å². The van der Waals surface area contributed by atoms with E-state index in [2.05, 4.69) is 20.2 Å². The van der Waals surface area contributed by atoms with Gasteiger partial charge >= 0.3 is 0 Å². The smallest absolute Gasteiger partial charge is 0.267 e. The molecule has 0 unspecified atom stereocenters. The first kappa shape index (κ1) is 14.3. The van der Waals surface area contributed by atoms with E-state index in [1.807, 2.05) is 23.6 Å². The first-order chi connectivity index (χ1) is 10.7. The number of carbonyl (C=O) groups excluding carboxylic acids is 2. The zero-order valence-electron chi connectivity index (χ0n) is 11.5. The standard InChI is InChI=1S/C15H12N4O2S/c20-12(14(21)15-17-9-18-19-15)8-13-11(3-6-22-13)7-10-1-4-16-5-2-10/h1-6,9H,7-8H2,(H,17,18,19). The van der Waals surface area contributed by atoms with Crippen LogP contribution >= 0.6 is 11.3 Å². The van der Waals surface area contributed by atoms with E-state index in [0.717, 1.165) is 16.0 Å². The molecule has 7 heteroatoms. The van der Waals surface area contributed by atoms with Crippen molar-refractivity contribution in [1.29, 1.82) is 0 Å². The van der Waals surface area contributed by atoms with Crippen LogP contribution in [0.2, 0.25) is 0 Å². The van der Waals surface area contributed by atoms with Crippen molar-refractivity contribution in [2.24, 2.45) is 0 Å². The van der Waals surface area contributed by atoms with Crippen LogP contribution in [0.5, 0.6) is 0 Å². The monoisotopic (exact) mass is 312 g/mol. The average molecular weight is 312 g/mol. The summed E-state index contributed by atoms with van der Waals surface area (Å²) in [5, 5.41) is 8.00. The fourth-order valence-electron chi connectivity index (χ4n) is 2.07. The van der Waals surface area contributed by atoms with E-state index in [1.54, 1.807) is 12.4 Å². The number of Topliss-reactive ketones (excluding diaryl/α,β-unsaturated/α-hetero) is 2. The third-order valence-corrected chi connectivity index (χ3v) is 4.14. The van der Waals surface area contributed by atoms with Crippen molar-refractivity contribution in [3.05, 3.63) is 64.1 Å². The Morgan fingerprint density at radius 3 is 2.73 bits per heavy atom. The van der Waals surface area contributed by atoms with Crippen LogP contribution in [0, 0.1) is 0 Å². The van der Waals surface area contributed by atoms with Crippen molar-refractivity contribution in [1.82, 2.24) is 20.2 Å². The van der Waals surface area contributed by atoms with Crippen molar-refractivity contribution in [3.63, 3.8) is 0 Å². The van der Waals surface area contributed by atoms with E-state index in [4.69, 9.17) is 0 Å². The summed E-state index contributed by atoms with van der Waals surface area (Å²) >= 11 is 1.47. The Labute approximate surface area is 130 Å². The predicted octanol–water partition coefficient (Wildman–Crippen LogP) is 1.85. The van der Waals surface area contributed by atoms with Gasteiger partial charge in [-0.05, 0) is 41.1 Å². The SMILES string of the molecule is O=C(Cc1sccc1Cc1ccncc1)C(=O)c1nc[nH]n1. The number of aromatic amines is 1. The maximum Gasteiger partial charge on any atom is 0.267 e. The van der Waals surface area contributed by atoms with Gasteiger partial charge in [-0.25, -0.2) is 4.98 Å². The molecule has 0 aliphatic carbocycles. The van der Waals surface area contributed by atoms with E-state index in [0.29, 0.717) is 6.42 Å². The first-order valence-electron chi connectivity index (χ1n) is 6.61. The van der Waals surface area contributed by atoms with Crippen molar-refractivity contribution in [3.8, 4) is 0 Å². The minimum atomic E-state index is -0.662. The van der Waals surface area contributed by atoms with Crippen LogP contribution in [0.25, 0.3) is 0 Å². The summed E-state index contributed by atoms with van der Waals surface area (Å²) in [5.41, 5.74) is 2.16. The highest BCUT2D eigenvalue weighted by Crippen LogP contribution is 2.21. The summed E-state index contributed by atoms with van der Waals surface area (Å²) in [6.45, 7) is 0. The second kappa shape index (κ2) is 6.40. The van der Waals surface area contributed by atoms with E-state index < -0.39 is 11.6 Å². The van der Waals surface area contributed by atoms with Gasteiger partial charge in [-0.15, -0.1) is 16.4 Å². The molecule has 0 aliphatic heterocycles. The molecule has 0 spiro atoms. The minimum Gasteiger partial charge on any atom is -0.290 e. The molecule has 0 atom stereocenters. The number of nitrogens with one attached hydrogen (secondary N) is 1. The molecule has 1 N–H and O–H groups in total. The Balaban J connectivity index is 1.72. The van der Waals surface area contributed by atoms with Gasteiger partial charge in [0.1, 0.15) is 6.33 Å². The Hall–Kier alpha value is -2.67. The first-order valence-corrected chi connectivity index (χ1v) is 7.49. The third-order valence-electron chi connectivity index (χ3n) is 3.17. The second-order valence-electron chi connectivity index (χ2n) is 4.65. The summed E-state index contributed by atoms with van der Waals surface area (Å²) in [6.07, 6.45) is 5.54. The molecule has 3 aromatic rings. The highest BCUT2D eigenvalue weighted by Gasteiger charge is 2.21. The summed E-state index contributed by atoms with van der Waals surface area (Å²) in [4.78, 5) is 32.6. The van der Waals surface area contributed by atoms with Crippen molar-refractivity contribution in [2.75, 3.05) is 0 Å². The predicted molar refractivity (Wildman–Crippen MR) is 80.8 cm³/mol. The Morgan fingerprint density at radius 1 is 1.18 bits per heavy atom. The van der Waals surface area contributed by atoms with Gasteiger partial charge in [0.05, 0.1) is 0 Å². The molecule has 0 fully saturated rings. The van der Waals surface area contributed by atoms with Gasteiger partial charge in [-0.3, -0.25) is 19.7 Å². The maximum atomic E-state index is 12.1. The number of thiophene rings is 1. The molecule has 6 nitrogen and oxygen atoms in total. The molecule has 3 rings (SSSR count). The van der Waals surface area contributed by atoms with E-state index in [1.165, 1.54) is 17.7 Å². The van der Waals surface area contributed by atoms with Gasteiger partial charge in [-0.2, -0.15) is 0 Å². The molecule has 0 radical (unpaired) electrons. The number of ketones is 2. The van der Waals surface area contributed by atoms with Crippen LogP contribution in [-0.2, 0) is 17.6 Å². The second-order valence-corrected chi connectivity index (χ2v) is 5.65. The third kappa shape index (κ3) is 3.15. The largest absolute Gasteiger partial charge is 0.290 e. The van der Waals surface area contributed by atoms with Gasteiger partial charge < -0.3 is 0 Å². The van der Waals surface area contributed by atoms with Crippen molar-refractivity contribution >= 4 is 22.9 Å². The van der Waals surface area contributed by atoms with Gasteiger partial charge in [0, 0.05) is 23.7 Å². The Kier molecular flexibility index (Phi) is 4.15. The normalized spacial score (nSPS) is 10.5. The molecule has 22 heavy (non-hydrogen) atoms. The number of hydrogen-bond acceptors (Lipinski definition) is 6. The van der Waals surface area contributed by atoms with E-state index in [-0.39, 0.29) is 12.2 Å². The molecule has 0 saturated carbocycles. The minimum absolute atomic E-state index is 0.0749. The van der Waals surface area contributed by atoms with Gasteiger partial charge in [-0.1, -0.05) is 0 Å².